The lowest BCUT2D eigenvalue weighted by Gasteiger charge is -2.24. The Bertz CT molecular complexity index is 416. The van der Waals surface area contributed by atoms with Gasteiger partial charge < -0.3 is 10.2 Å². The Morgan fingerprint density at radius 1 is 1.45 bits per heavy atom. The number of hydrogen-bond donors (Lipinski definition) is 1. The summed E-state index contributed by atoms with van der Waals surface area (Å²) in [6.45, 7) is 11.5. The summed E-state index contributed by atoms with van der Waals surface area (Å²) in [7, 11) is 2.21. The van der Waals surface area contributed by atoms with Crippen LogP contribution < -0.4 is 5.32 Å². The van der Waals surface area contributed by atoms with Crippen LogP contribution in [0.2, 0.25) is 0 Å². The Hall–Kier alpha value is -0.940. The molecular weight excluding hydrogens is 250 g/mol. The fraction of sp³-hybridized carbons (Fsp3) is 0.867. The zero-order chi connectivity index (χ0) is 14.8. The molecule has 1 fully saturated rings. The van der Waals surface area contributed by atoms with Gasteiger partial charge in [0.1, 0.15) is 0 Å². The van der Waals surface area contributed by atoms with Crippen LogP contribution >= 0.6 is 0 Å². The monoisotopic (exact) mass is 279 g/mol. The lowest BCUT2D eigenvalue weighted by molar-refractivity contribution is 0.222. The Kier molecular flexibility index (Phi) is 4.81. The number of aromatic nitrogens is 3. The standard InChI is InChI=1S/C15H29N5/c1-12(13-6-7-13)19(5)8-9-20-11-14(17-18-20)10-16-15(2,3)4/h11-13,16H,6-10H2,1-5H3. The normalized spacial score (nSPS) is 17.7. The molecule has 0 amide bonds. The minimum absolute atomic E-state index is 0.115. The molecule has 0 saturated heterocycles. The maximum atomic E-state index is 4.22. The summed E-state index contributed by atoms with van der Waals surface area (Å²) in [5, 5.41) is 11.9. The molecule has 114 valence electrons. The van der Waals surface area contributed by atoms with E-state index in [4.69, 9.17) is 0 Å². The molecule has 1 atom stereocenters. The van der Waals surface area contributed by atoms with Crippen LogP contribution in [0.1, 0.15) is 46.2 Å². The molecule has 1 aromatic heterocycles. The van der Waals surface area contributed by atoms with E-state index in [1.54, 1.807) is 0 Å². The van der Waals surface area contributed by atoms with Gasteiger partial charge in [0, 0.05) is 30.9 Å². The van der Waals surface area contributed by atoms with Gasteiger partial charge in [-0.3, -0.25) is 4.68 Å². The van der Waals surface area contributed by atoms with Crippen LogP contribution in [-0.4, -0.2) is 45.1 Å². The van der Waals surface area contributed by atoms with Crippen LogP contribution in [0.5, 0.6) is 0 Å². The van der Waals surface area contributed by atoms with E-state index in [1.165, 1.54) is 12.8 Å². The van der Waals surface area contributed by atoms with Gasteiger partial charge >= 0.3 is 0 Å². The predicted molar refractivity (Wildman–Crippen MR) is 81.4 cm³/mol. The van der Waals surface area contributed by atoms with Gasteiger partial charge in [0.2, 0.25) is 0 Å². The molecule has 1 unspecified atom stereocenters. The Morgan fingerprint density at radius 2 is 2.15 bits per heavy atom. The Labute approximate surface area is 122 Å². The maximum absolute atomic E-state index is 4.22. The van der Waals surface area contributed by atoms with E-state index >= 15 is 0 Å². The first-order valence-corrected chi connectivity index (χ1v) is 7.69. The van der Waals surface area contributed by atoms with E-state index in [9.17, 15) is 0 Å². The lowest BCUT2D eigenvalue weighted by atomic mass is 10.1. The highest BCUT2D eigenvalue weighted by atomic mass is 15.4. The Balaban J connectivity index is 1.74. The number of hydrogen-bond acceptors (Lipinski definition) is 4. The average Bonchev–Trinajstić information content (AvgIpc) is 3.12. The first-order chi connectivity index (χ1) is 9.35. The lowest BCUT2D eigenvalue weighted by Crippen LogP contribution is -2.35. The molecule has 1 aliphatic rings. The number of nitrogens with zero attached hydrogens (tertiary/aromatic N) is 4. The van der Waals surface area contributed by atoms with E-state index in [-0.39, 0.29) is 5.54 Å². The van der Waals surface area contributed by atoms with Gasteiger partial charge in [-0.25, -0.2) is 0 Å². The molecule has 0 aromatic carbocycles. The molecule has 1 saturated carbocycles. The van der Waals surface area contributed by atoms with Crippen molar-refractivity contribution in [3.8, 4) is 0 Å². The molecule has 1 aliphatic carbocycles. The van der Waals surface area contributed by atoms with Crippen molar-refractivity contribution in [1.29, 1.82) is 0 Å². The molecule has 0 radical (unpaired) electrons. The molecule has 0 aliphatic heterocycles. The Morgan fingerprint density at radius 3 is 2.75 bits per heavy atom. The molecule has 1 aromatic rings. The first kappa shape index (κ1) is 15.4. The summed E-state index contributed by atoms with van der Waals surface area (Å²) in [5.41, 5.74) is 1.13. The van der Waals surface area contributed by atoms with Crippen molar-refractivity contribution in [3.63, 3.8) is 0 Å². The van der Waals surface area contributed by atoms with Crippen LogP contribution in [0.3, 0.4) is 0 Å². The molecule has 2 rings (SSSR count). The van der Waals surface area contributed by atoms with E-state index < -0.39 is 0 Å². The molecule has 1 heterocycles. The minimum atomic E-state index is 0.115. The fourth-order valence-electron chi connectivity index (χ4n) is 2.29. The minimum Gasteiger partial charge on any atom is -0.306 e. The molecule has 0 bridgehead atoms. The van der Waals surface area contributed by atoms with Gasteiger partial charge in [0.05, 0.1) is 12.2 Å². The van der Waals surface area contributed by atoms with Crippen LogP contribution in [0.15, 0.2) is 6.20 Å². The van der Waals surface area contributed by atoms with Gasteiger partial charge in [0.15, 0.2) is 0 Å². The molecule has 0 spiro atoms. The number of rotatable bonds is 7. The van der Waals surface area contributed by atoms with Crippen molar-refractivity contribution >= 4 is 0 Å². The smallest absolute Gasteiger partial charge is 0.0965 e. The molecule has 20 heavy (non-hydrogen) atoms. The van der Waals surface area contributed by atoms with Crippen molar-refractivity contribution in [2.45, 2.75) is 65.2 Å². The van der Waals surface area contributed by atoms with E-state index in [0.717, 1.165) is 31.2 Å². The van der Waals surface area contributed by atoms with Gasteiger partial charge in [-0.15, -0.1) is 5.10 Å². The summed E-state index contributed by atoms with van der Waals surface area (Å²) >= 11 is 0. The van der Waals surface area contributed by atoms with Gasteiger partial charge in [-0.1, -0.05) is 5.21 Å². The topological polar surface area (TPSA) is 46.0 Å². The maximum Gasteiger partial charge on any atom is 0.0965 e. The summed E-state index contributed by atoms with van der Waals surface area (Å²) in [6.07, 6.45) is 4.85. The quantitative estimate of drug-likeness (QED) is 0.828. The third kappa shape index (κ3) is 4.87. The largest absolute Gasteiger partial charge is 0.306 e. The second kappa shape index (κ2) is 6.22. The number of nitrogens with one attached hydrogen (secondary N) is 1. The predicted octanol–water partition coefficient (Wildman–Crippen LogP) is 1.90. The van der Waals surface area contributed by atoms with E-state index in [0.29, 0.717) is 6.04 Å². The van der Waals surface area contributed by atoms with Gasteiger partial charge in [0.25, 0.3) is 0 Å². The summed E-state index contributed by atoms with van der Waals surface area (Å²) < 4.78 is 1.95. The molecule has 1 N–H and O–H groups in total. The van der Waals surface area contributed by atoms with Crippen molar-refractivity contribution in [3.05, 3.63) is 11.9 Å². The van der Waals surface area contributed by atoms with Crippen LogP contribution in [0.25, 0.3) is 0 Å². The highest BCUT2D eigenvalue weighted by Gasteiger charge is 2.30. The second-order valence-corrected chi connectivity index (χ2v) is 7.14. The zero-order valence-electron chi connectivity index (χ0n) is 13.6. The summed E-state index contributed by atoms with van der Waals surface area (Å²) in [5.74, 6) is 0.919. The molecular formula is C15H29N5. The van der Waals surface area contributed by atoms with Crippen LogP contribution in [0, 0.1) is 5.92 Å². The fourth-order valence-corrected chi connectivity index (χ4v) is 2.29. The molecule has 5 heteroatoms. The van der Waals surface area contributed by atoms with Crippen molar-refractivity contribution in [2.75, 3.05) is 13.6 Å². The van der Waals surface area contributed by atoms with Crippen molar-refractivity contribution < 1.29 is 0 Å². The summed E-state index contributed by atoms with van der Waals surface area (Å²) in [4.78, 5) is 2.44. The SMILES string of the molecule is CC(C1CC1)N(C)CCn1cc(CNC(C)(C)C)nn1. The molecule has 5 nitrogen and oxygen atoms in total. The third-order valence-electron chi connectivity index (χ3n) is 4.07. The highest BCUT2D eigenvalue weighted by Crippen LogP contribution is 2.34. The van der Waals surface area contributed by atoms with Gasteiger partial charge in [-0.2, -0.15) is 0 Å². The average molecular weight is 279 g/mol. The van der Waals surface area contributed by atoms with Crippen molar-refractivity contribution in [2.24, 2.45) is 5.92 Å². The highest BCUT2D eigenvalue weighted by molar-refractivity contribution is 4.93. The third-order valence-corrected chi connectivity index (χ3v) is 4.07. The zero-order valence-corrected chi connectivity index (χ0v) is 13.6. The second-order valence-electron chi connectivity index (χ2n) is 7.14. The van der Waals surface area contributed by atoms with Gasteiger partial charge in [-0.05, 0) is 53.5 Å². The van der Waals surface area contributed by atoms with Crippen LogP contribution in [-0.2, 0) is 13.1 Å². The van der Waals surface area contributed by atoms with E-state index in [1.807, 2.05) is 10.9 Å². The first-order valence-electron chi connectivity index (χ1n) is 7.69. The van der Waals surface area contributed by atoms with Crippen LogP contribution in [0.4, 0.5) is 0 Å². The number of likely N-dealkylation sites (N-methyl/N-ethyl adjacent to an activating group) is 1. The van der Waals surface area contributed by atoms with Crippen molar-refractivity contribution in [1.82, 2.24) is 25.2 Å². The summed E-state index contributed by atoms with van der Waals surface area (Å²) in [6, 6.07) is 0.695. The van der Waals surface area contributed by atoms with E-state index in [2.05, 4.69) is 55.3 Å².